The van der Waals surface area contributed by atoms with E-state index in [4.69, 9.17) is 14.5 Å². The van der Waals surface area contributed by atoms with Crippen LogP contribution in [-0.4, -0.2) is 35.5 Å². The lowest BCUT2D eigenvalue weighted by atomic mass is 10.1. The summed E-state index contributed by atoms with van der Waals surface area (Å²) in [5, 5.41) is 11.5. The largest absolute Gasteiger partial charge is 0.490 e. The van der Waals surface area contributed by atoms with E-state index in [-0.39, 0.29) is 0 Å². The Labute approximate surface area is 195 Å². The third kappa shape index (κ3) is 5.66. The highest BCUT2D eigenvalue weighted by Crippen LogP contribution is 2.32. The van der Waals surface area contributed by atoms with Gasteiger partial charge in [0.1, 0.15) is 0 Å². The summed E-state index contributed by atoms with van der Waals surface area (Å²) in [6, 6.07) is 14.3. The van der Waals surface area contributed by atoms with Gasteiger partial charge in [0.15, 0.2) is 17.5 Å². The Kier molecular flexibility index (Phi) is 7.17. The maximum Gasteiger partial charge on any atom is 0.196 e. The second-order valence-electron chi connectivity index (χ2n) is 8.38. The van der Waals surface area contributed by atoms with E-state index >= 15 is 0 Å². The fraction of sp³-hybridized carbons (Fsp3) is 0.385. The molecule has 0 radical (unpaired) electrons. The molecule has 0 aliphatic carbocycles. The van der Waals surface area contributed by atoms with Crippen molar-refractivity contribution in [2.45, 2.75) is 40.2 Å². The SMILES string of the molecule is Cc1ccccc1CN=C(NCCc1c(C)nn(C)c1C)Nc1ccc2c(c1)OCCCO2. The molecule has 2 N–H and O–H groups in total. The summed E-state index contributed by atoms with van der Waals surface area (Å²) in [4.78, 5) is 4.86. The van der Waals surface area contributed by atoms with Gasteiger partial charge in [0.2, 0.25) is 0 Å². The molecule has 0 bridgehead atoms. The predicted molar refractivity (Wildman–Crippen MR) is 132 cm³/mol. The van der Waals surface area contributed by atoms with Crippen molar-refractivity contribution in [3.05, 3.63) is 70.5 Å². The van der Waals surface area contributed by atoms with Crippen LogP contribution in [0.5, 0.6) is 11.5 Å². The van der Waals surface area contributed by atoms with Crippen LogP contribution in [0, 0.1) is 20.8 Å². The predicted octanol–water partition coefficient (Wildman–Crippen LogP) is 4.31. The zero-order valence-electron chi connectivity index (χ0n) is 19.9. The Morgan fingerprint density at radius 1 is 1.06 bits per heavy atom. The van der Waals surface area contributed by atoms with Gasteiger partial charge in [0.25, 0.3) is 0 Å². The van der Waals surface area contributed by atoms with Crippen LogP contribution in [-0.2, 0) is 20.0 Å². The van der Waals surface area contributed by atoms with Crippen LogP contribution in [0.1, 0.15) is 34.5 Å². The van der Waals surface area contributed by atoms with Crippen molar-refractivity contribution in [3.63, 3.8) is 0 Å². The Balaban J connectivity index is 1.50. The van der Waals surface area contributed by atoms with E-state index in [1.54, 1.807) is 0 Å². The number of aryl methyl sites for hydroxylation is 3. The van der Waals surface area contributed by atoms with Crippen LogP contribution in [0.3, 0.4) is 0 Å². The highest BCUT2D eigenvalue weighted by molar-refractivity contribution is 5.94. The lowest BCUT2D eigenvalue weighted by Crippen LogP contribution is -2.32. The maximum atomic E-state index is 5.85. The van der Waals surface area contributed by atoms with Gasteiger partial charge in [-0.15, -0.1) is 0 Å². The van der Waals surface area contributed by atoms with Crippen molar-refractivity contribution >= 4 is 11.6 Å². The van der Waals surface area contributed by atoms with Gasteiger partial charge in [0, 0.05) is 37.5 Å². The Bertz CT molecular complexity index is 1140. The maximum absolute atomic E-state index is 5.85. The summed E-state index contributed by atoms with van der Waals surface area (Å²) in [5.41, 5.74) is 6.89. The average molecular weight is 448 g/mol. The van der Waals surface area contributed by atoms with Crippen LogP contribution in [0.2, 0.25) is 0 Å². The van der Waals surface area contributed by atoms with Crippen LogP contribution >= 0.6 is 0 Å². The molecule has 0 amide bonds. The molecule has 3 aromatic rings. The normalized spacial score (nSPS) is 13.5. The minimum Gasteiger partial charge on any atom is -0.490 e. The molecular weight excluding hydrogens is 414 g/mol. The van der Waals surface area contributed by atoms with Crippen LogP contribution in [0.4, 0.5) is 5.69 Å². The van der Waals surface area contributed by atoms with Gasteiger partial charge in [-0.1, -0.05) is 24.3 Å². The van der Waals surface area contributed by atoms with E-state index in [0.717, 1.165) is 48.2 Å². The van der Waals surface area contributed by atoms with Crippen molar-refractivity contribution in [1.82, 2.24) is 15.1 Å². The zero-order valence-corrected chi connectivity index (χ0v) is 19.9. The molecule has 1 aliphatic heterocycles. The van der Waals surface area contributed by atoms with E-state index in [1.165, 1.54) is 22.4 Å². The molecule has 0 atom stereocenters. The standard InChI is InChI=1S/C26H33N5O2/c1-18-8-5-6-9-21(18)17-28-26(27-13-12-23-19(2)30-31(4)20(23)3)29-22-10-11-24-25(16-22)33-15-7-14-32-24/h5-6,8-11,16H,7,12-15,17H2,1-4H3,(H2,27,28,29). The number of benzene rings is 2. The molecule has 2 aromatic carbocycles. The molecule has 1 aliphatic rings. The third-order valence-corrected chi connectivity index (χ3v) is 6.01. The number of hydrogen-bond donors (Lipinski definition) is 2. The van der Waals surface area contributed by atoms with Gasteiger partial charge in [-0.2, -0.15) is 5.10 Å². The number of nitrogens with zero attached hydrogens (tertiary/aromatic N) is 3. The lowest BCUT2D eigenvalue weighted by Gasteiger charge is -2.15. The molecule has 2 heterocycles. The molecule has 0 saturated carbocycles. The van der Waals surface area contributed by atoms with E-state index in [9.17, 15) is 0 Å². The number of aromatic nitrogens is 2. The minimum absolute atomic E-state index is 0.595. The van der Waals surface area contributed by atoms with Crippen molar-refractivity contribution in [2.24, 2.45) is 12.0 Å². The van der Waals surface area contributed by atoms with Crippen molar-refractivity contribution in [1.29, 1.82) is 0 Å². The molecule has 4 rings (SSSR count). The topological polar surface area (TPSA) is 72.7 Å². The Morgan fingerprint density at radius 2 is 1.85 bits per heavy atom. The van der Waals surface area contributed by atoms with Crippen molar-refractivity contribution < 1.29 is 9.47 Å². The number of fused-ring (bicyclic) bond motifs is 1. The first-order valence-electron chi connectivity index (χ1n) is 11.5. The quantitative estimate of drug-likeness (QED) is 0.435. The van der Waals surface area contributed by atoms with Crippen LogP contribution in [0.25, 0.3) is 0 Å². The van der Waals surface area contributed by atoms with E-state index < -0.39 is 0 Å². The average Bonchev–Trinajstić information content (AvgIpc) is 2.97. The number of nitrogens with one attached hydrogen (secondary N) is 2. The number of anilines is 1. The molecule has 0 fully saturated rings. The minimum atomic E-state index is 0.595. The summed E-state index contributed by atoms with van der Waals surface area (Å²) in [5.74, 6) is 2.27. The third-order valence-electron chi connectivity index (χ3n) is 6.01. The first kappa shape index (κ1) is 22.7. The summed E-state index contributed by atoms with van der Waals surface area (Å²) < 4.78 is 13.5. The second kappa shape index (κ2) is 10.4. The van der Waals surface area contributed by atoms with Gasteiger partial charge in [-0.25, -0.2) is 4.99 Å². The number of aliphatic imine (C=N–C) groups is 1. The van der Waals surface area contributed by atoms with E-state index in [2.05, 4.69) is 60.8 Å². The van der Waals surface area contributed by atoms with Gasteiger partial charge in [0.05, 0.1) is 25.5 Å². The Hall–Kier alpha value is -3.48. The summed E-state index contributed by atoms with van der Waals surface area (Å²) in [6.07, 6.45) is 1.76. The summed E-state index contributed by atoms with van der Waals surface area (Å²) >= 11 is 0. The van der Waals surface area contributed by atoms with Gasteiger partial charge >= 0.3 is 0 Å². The molecule has 0 spiro atoms. The molecule has 0 saturated heterocycles. The van der Waals surface area contributed by atoms with Crippen LogP contribution in [0.15, 0.2) is 47.5 Å². The van der Waals surface area contributed by atoms with E-state index in [0.29, 0.717) is 19.8 Å². The van der Waals surface area contributed by atoms with Crippen LogP contribution < -0.4 is 20.1 Å². The molecule has 33 heavy (non-hydrogen) atoms. The smallest absolute Gasteiger partial charge is 0.196 e. The fourth-order valence-electron chi connectivity index (χ4n) is 3.95. The number of guanidine groups is 1. The molecule has 174 valence electrons. The zero-order chi connectivity index (χ0) is 23.2. The number of rotatable bonds is 6. The fourth-order valence-corrected chi connectivity index (χ4v) is 3.95. The first-order valence-corrected chi connectivity index (χ1v) is 11.5. The van der Waals surface area contributed by atoms with Crippen molar-refractivity contribution in [2.75, 3.05) is 25.1 Å². The molecule has 1 aromatic heterocycles. The Morgan fingerprint density at radius 3 is 2.61 bits per heavy atom. The molecular formula is C26H33N5O2. The highest BCUT2D eigenvalue weighted by atomic mass is 16.5. The van der Waals surface area contributed by atoms with E-state index in [1.807, 2.05) is 29.9 Å². The lowest BCUT2D eigenvalue weighted by molar-refractivity contribution is 0.297. The number of hydrogen-bond acceptors (Lipinski definition) is 4. The molecule has 0 unspecified atom stereocenters. The number of ether oxygens (including phenoxy) is 2. The van der Waals surface area contributed by atoms with Gasteiger partial charge < -0.3 is 20.1 Å². The summed E-state index contributed by atoms with van der Waals surface area (Å²) in [6.45, 7) is 8.96. The monoisotopic (exact) mass is 447 g/mol. The molecule has 7 nitrogen and oxygen atoms in total. The molecule has 7 heteroatoms. The van der Waals surface area contributed by atoms with Crippen molar-refractivity contribution in [3.8, 4) is 11.5 Å². The summed E-state index contributed by atoms with van der Waals surface area (Å²) in [7, 11) is 1.99. The van der Waals surface area contributed by atoms with Gasteiger partial charge in [-0.3, -0.25) is 4.68 Å². The second-order valence-corrected chi connectivity index (χ2v) is 8.38. The first-order chi connectivity index (χ1) is 16.0. The highest BCUT2D eigenvalue weighted by Gasteiger charge is 2.13. The van der Waals surface area contributed by atoms with Gasteiger partial charge in [-0.05, 0) is 56.0 Å².